The molecule has 1 atom stereocenters. The molecular formula is C12H26N2O. The molecule has 0 bridgehead atoms. The summed E-state index contributed by atoms with van der Waals surface area (Å²) in [5.41, 5.74) is 6.10. The highest BCUT2D eigenvalue weighted by Gasteiger charge is 2.17. The highest BCUT2D eigenvalue weighted by molar-refractivity contribution is 5.76. The molecule has 1 unspecified atom stereocenters. The molecule has 0 heterocycles. The molecule has 0 fully saturated rings. The molecule has 0 aromatic heterocycles. The number of rotatable bonds is 5. The SMILES string of the molecule is CC(C)CNC(=O)CC(N)CC(C)(C)C. The van der Waals surface area contributed by atoms with E-state index in [-0.39, 0.29) is 17.4 Å². The normalized spacial score (nSPS) is 14.1. The van der Waals surface area contributed by atoms with E-state index >= 15 is 0 Å². The maximum Gasteiger partial charge on any atom is 0.221 e. The molecule has 15 heavy (non-hydrogen) atoms. The lowest BCUT2D eigenvalue weighted by Crippen LogP contribution is -2.35. The number of hydrogen-bond acceptors (Lipinski definition) is 2. The Labute approximate surface area is 93.8 Å². The minimum Gasteiger partial charge on any atom is -0.356 e. The van der Waals surface area contributed by atoms with E-state index in [1.165, 1.54) is 0 Å². The average molecular weight is 214 g/mol. The molecule has 0 spiro atoms. The lowest BCUT2D eigenvalue weighted by molar-refractivity contribution is -0.121. The largest absolute Gasteiger partial charge is 0.356 e. The Bertz CT molecular complexity index is 194. The highest BCUT2D eigenvalue weighted by atomic mass is 16.1. The third-order valence-corrected chi connectivity index (χ3v) is 2.03. The zero-order valence-corrected chi connectivity index (χ0v) is 10.8. The maximum atomic E-state index is 11.5. The number of nitrogens with one attached hydrogen (secondary N) is 1. The fraction of sp³-hybridized carbons (Fsp3) is 0.917. The van der Waals surface area contributed by atoms with E-state index in [4.69, 9.17) is 5.73 Å². The molecule has 0 aliphatic carbocycles. The minimum atomic E-state index is -0.0304. The van der Waals surface area contributed by atoms with Gasteiger partial charge in [0.25, 0.3) is 0 Å². The van der Waals surface area contributed by atoms with Crippen molar-refractivity contribution in [1.29, 1.82) is 0 Å². The summed E-state index contributed by atoms with van der Waals surface area (Å²) in [5.74, 6) is 0.563. The summed E-state index contributed by atoms with van der Waals surface area (Å²) in [5, 5.41) is 2.88. The zero-order valence-electron chi connectivity index (χ0n) is 10.8. The first-order valence-electron chi connectivity index (χ1n) is 5.73. The van der Waals surface area contributed by atoms with Crippen LogP contribution >= 0.6 is 0 Å². The van der Waals surface area contributed by atoms with Crippen LogP contribution in [0, 0.1) is 11.3 Å². The van der Waals surface area contributed by atoms with E-state index in [0.717, 1.165) is 13.0 Å². The van der Waals surface area contributed by atoms with Crippen molar-refractivity contribution in [3.63, 3.8) is 0 Å². The van der Waals surface area contributed by atoms with E-state index in [1.54, 1.807) is 0 Å². The van der Waals surface area contributed by atoms with E-state index in [9.17, 15) is 4.79 Å². The Morgan fingerprint density at radius 1 is 1.33 bits per heavy atom. The van der Waals surface area contributed by atoms with Crippen LogP contribution in [0.4, 0.5) is 0 Å². The lowest BCUT2D eigenvalue weighted by Gasteiger charge is -2.22. The Kier molecular flexibility index (Phi) is 5.88. The molecule has 0 saturated carbocycles. The number of amides is 1. The van der Waals surface area contributed by atoms with Crippen LogP contribution in [0.1, 0.15) is 47.5 Å². The summed E-state index contributed by atoms with van der Waals surface area (Å²) in [6.45, 7) is 11.3. The van der Waals surface area contributed by atoms with Gasteiger partial charge in [-0.05, 0) is 17.8 Å². The molecule has 3 N–H and O–H groups in total. The van der Waals surface area contributed by atoms with Crippen molar-refractivity contribution < 1.29 is 4.79 Å². The number of carbonyl (C=O) groups is 1. The van der Waals surface area contributed by atoms with Crippen LogP contribution in [-0.2, 0) is 4.79 Å². The van der Waals surface area contributed by atoms with Crippen LogP contribution < -0.4 is 11.1 Å². The summed E-state index contributed by atoms with van der Waals surface area (Å²) >= 11 is 0. The zero-order chi connectivity index (χ0) is 12.1. The molecule has 90 valence electrons. The van der Waals surface area contributed by atoms with Gasteiger partial charge >= 0.3 is 0 Å². The van der Waals surface area contributed by atoms with Gasteiger partial charge in [-0.2, -0.15) is 0 Å². The van der Waals surface area contributed by atoms with Crippen molar-refractivity contribution in [2.24, 2.45) is 17.1 Å². The lowest BCUT2D eigenvalue weighted by atomic mass is 9.87. The van der Waals surface area contributed by atoms with Crippen molar-refractivity contribution in [1.82, 2.24) is 5.32 Å². The van der Waals surface area contributed by atoms with Crippen LogP contribution in [0.15, 0.2) is 0 Å². The van der Waals surface area contributed by atoms with Gasteiger partial charge in [-0.3, -0.25) is 4.79 Å². The standard InChI is InChI=1S/C12H26N2O/c1-9(2)8-14-11(15)6-10(13)7-12(3,4)5/h9-10H,6-8,13H2,1-5H3,(H,14,15). The molecule has 0 aliphatic rings. The molecule has 0 rings (SSSR count). The van der Waals surface area contributed by atoms with Crippen LogP contribution in [0.25, 0.3) is 0 Å². The van der Waals surface area contributed by atoms with E-state index in [2.05, 4.69) is 39.9 Å². The summed E-state index contributed by atoms with van der Waals surface area (Å²) in [6, 6.07) is -0.0304. The Morgan fingerprint density at radius 3 is 2.27 bits per heavy atom. The predicted octanol–water partition coefficient (Wildman–Crippen LogP) is 1.91. The van der Waals surface area contributed by atoms with E-state index in [1.807, 2.05) is 0 Å². The predicted molar refractivity (Wildman–Crippen MR) is 64.5 cm³/mol. The van der Waals surface area contributed by atoms with Gasteiger partial charge in [0, 0.05) is 19.0 Å². The van der Waals surface area contributed by atoms with Crippen molar-refractivity contribution in [3.8, 4) is 0 Å². The first-order chi connectivity index (χ1) is 6.70. The monoisotopic (exact) mass is 214 g/mol. The molecular weight excluding hydrogens is 188 g/mol. The second-order valence-electron chi connectivity index (χ2n) is 5.93. The summed E-state index contributed by atoms with van der Waals surface area (Å²) in [6.07, 6.45) is 1.31. The van der Waals surface area contributed by atoms with Crippen LogP contribution in [0.5, 0.6) is 0 Å². The number of nitrogens with two attached hydrogens (primary N) is 1. The second kappa shape index (κ2) is 6.11. The Hall–Kier alpha value is -0.570. The fourth-order valence-corrected chi connectivity index (χ4v) is 1.49. The summed E-state index contributed by atoms with van der Waals surface area (Å²) < 4.78 is 0. The number of hydrogen-bond donors (Lipinski definition) is 2. The van der Waals surface area contributed by atoms with Gasteiger partial charge in [0.05, 0.1) is 0 Å². The second-order valence-corrected chi connectivity index (χ2v) is 5.93. The average Bonchev–Trinajstić information content (AvgIpc) is 1.96. The smallest absolute Gasteiger partial charge is 0.221 e. The van der Waals surface area contributed by atoms with Gasteiger partial charge in [-0.1, -0.05) is 34.6 Å². The van der Waals surface area contributed by atoms with Gasteiger partial charge in [0.2, 0.25) is 5.91 Å². The van der Waals surface area contributed by atoms with Crippen LogP contribution in [-0.4, -0.2) is 18.5 Å². The summed E-state index contributed by atoms with van der Waals surface area (Å²) in [7, 11) is 0. The molecule has 0 radical (unpaired) electrons. The molecule has 0 aromatic rings. The topological polar surface area (TPSA) is 55.1 Å². The minimum absolute atomic E-state index is 0.0304. The quantitative estimate of drug-likeness (QED) is 0.734. The third-order valence-electron chi connectivity index (χ3n) is 2.03. The molecule has 3 heteroatoms. The van der Waals surface area contributed by atoms with Gasteiger partial charge in [-0.15, -0.1) is 0 Å². The Balaban J connectivity index is 3.77. The Morgan fingerprint density at radius 2 is 1.87 bits per heavy atom. The fourth-order valence-electron chi connectivity index (χ4n) is 1.49. The molecule has 0 aromatic carbocycles. The van der Waals surface area contributed by atoms with E-state index in [0.29, 0.717) is 12.3 Å². The third kappa shape index (κ3) is 9.73. The number of carbonyl (C=O) groups excluding carboxylic acids is 1. The van der Waals surface area contributed by atoms with Gasteiger partial charge in [-0.25, -0.2) is 0 Å². The van der Waals surface area contributed by atoms with E-state index < -0.39 is 0 Å². The van der Waals surface area contributed by atoms with Crippen LogP contribution in [0.3, 0.4) is 0 Å². The first kappa shape index (κ1) is 14.4. The van der Waals surface area contributed by atoms with Crippen LogP contribution in [0.2, 0.25) is 0 Å². The molecule has 3 nitrogen and oxygen atoms in total. The first-order valence-corrected chi connectivity index (χ1v) is 5.73. The summed E-state index contributed by atoms with van der Waals surface area (Å²) in [4.78, 5) is 11.5. The van der Waals surface area contributed by atoms with Gasteiger partial charge in [0.1, 0.15) is 0 Å². The van der Waals surface area contributed by atoms with Crippen molar-refractivity contribution in [2.75, 3.05) is 6.54 Å². The highest BCUT2D eigenvalue weighted by Crippen LogP contribution is 2.20. The van der Waals surface area contributed by atoms with Gasteiger partial charge < -0.3 is 11.1 Å². The van der Waals surface area contributed by atoms with Crippen molar-refractivity contribution in [3.05, 3.63) is 0 Å². The molecule has 0 aliphatic heterocycles. The maximum absolute atomic E-state index is 11.5. The van der Waals surface area contributed by atoms with Crippen molar-refractivity contribution in [2.45, 2.75) is 53.5 Å². The van der Waals surface area contributed by atoms with Gasteiger partial charge in [0.15, 0.2) is 0 Å². The van der Waals surface area contributed by atoms with Crippen molar-refractivity contribution >= 4 is 5.91 Å². The molecule has 1 amide bonds. The molecule has 0 saturated heterocycles.